The van der Waals surface area contributed by atoms with E-state index in [-0.39, 0.29) is 17.0 Å². The van der Waals surface area contributed by atoms with Crippen LogP contribution in [0.2, 0.25) is 5.02 Å². The van der Waals surface area contributed by atoms with E-state index < -0.39 is 0 Å². The lowest BCUT2D eigenvalue weighted by molar-refractivity contribution is 0.443. The number of aromatic nitrogens is 5. The Kier molecular flexibility index (Phi) is 6.35. The standard InChI is InChI=1S/C31H31ClN8/c1-30(2,3)18-36-27-19(15-33)16-35-28-23(27)13-20(14-24(28)32)37-29(26-17-40(39-38-26)31(4)10-11-31)22-7-5-9-25-21(22)8-6-12-34-25/h5-9,12-14,16-17,29,37H,10-11,18H2,1-4H3,(H,35,36). The molecule has 5 aromatic rings. The average molecular weight is 551 g/mol. The Hall–Kier alpha value is -4.22. The summed E-state index contributed by atoms with van der Waals surface area (Å²) in [5.41, 5.74) is 5.40. The second-order valence-electron chi connectivity index (χ2n) is 12.0. The van der Waals surface area contributed by atoms with Crippen LogP contribution in [0, 0.1) is 16.7 Å². The number of nitriles is 1. The number of fused-ring (bicyclic) bond motifs is 2. The van der Waals surface area contributed by atoms with Crippen LogP contribution in [0.5, 0.6) is 0 Å². The molecule has 8 nitrogen and oxygen atoms in total. The molecule has 0 bridgehead atoms. The maximum atomic E-state index is 9.86. The van der Waals surface area contributed by atoms with Crippen LogP contribution in [0.3, 0.4) is 0 Å². The second kappa shape index (κ2) is 9.76. The zero-order valence-corrected chi connectivity index (χ0v) is 23.8. The summed E-state index contributed by atoms with van der Waals surface area (Å²) in [6.45, 7) is 9.32. The predicted octanol–water partition coefficient (Wildman–Crippen LogP) is 7.07. The van der Waals surface area contributed by atoms with Gasteiger partial charge < -0.3 is 10.6 Å². The largest absolute Gasteiger partial charge is 0.383 e. The summed E-state index contributed by atoms with van der Waals surface area (Å²) >= 11 is 6.81. The van der Waals surface area contributed by atoms with Gasteiger partial charge in [0.1, 0.15) is 11.8 Å². The van der Waals surface area contributed by atoms with Crippen LogP contribution >= 0.6 is 11.6 Å². The number of anilines is 2. The number of benzene rings is 2. The zero-order chi connectivity index (χ0) is 28.1. The van der Waals surface area contributed by atoms with E-state index in [0.29, 0.717) is 22.6 Å². The predicted molar refractivity (Wildman–Crippen MR) is 160 cm³/mol. The van der Waals surface area contributed by atoms with Crippen molar-refractivity contribution in [3.05, 3.63) is 82.9 Å². The van der Waals surface area contributed by atoms with Gasteiger partial charge in [-0.3, -0.25) is 9.97 Å². The minimum atomic E-state index is -0.324. The molecule has 0 spiro atoms. The van der Waals surface area contributed by atoms with E-state index in [2.05, 4.69) is 76.8 Å². The molecule has 202 valence electrons. The lowest BCUT2D eigenvalue weighted by atomic mass is 9.96. The molecule has 0 radical (unpaired) electrons. The van der Waals surface area contributed by atoms with Crippen LogP contribution in [0.25, 0.3) is 21.8 Å². The van der Waals surface area contributed by atoms with Crippen molar-refractivity contribution in [1.82, 2.24) is 25.0 Å². The molecule has 6 rings (SSSR count). The monoisotopic (exact) mass is 550 g/mol. The van der Waals surface area contributed by atoms with Crippen LogP contribution in [0.15, 0.2) is 61.1 Å². The number of hydrogen-bond donors (Lipinski definition) is 2. The Bertz CT molecular complexity index is 1770. The summed E-state index contributed by atoms with van der Waals surface area (Å²) < 4.78 is 1.98. The Morgan fingerprint density at radius 3 is 2.70 bits per heavy atom. The van der Waals surface area contributed by atoms with Crippen LogP contribution < -0.4 is 10.6 Å². The highest BCUT2D eigenvalue weighted by Gasteiger charge is 2.41. The van der Waals surface area contributed by atoms with E-state index in [0.717, 1.165) is 51.8 Å². The van der Waals surface area contributed by atoms with Crippen molar-refractivity contribution in [3.63, 3.8) is 0 Å². The number of nitrogens with one attached hydrogen (secondary N) is 2. The van der Waals surface area contributed by atoms with Gasteiger partial charge in [-0.25, -0.2) is 4.68 Å². The van der Waals surface area contributed by atoms with E-state index in [1.807, 2.05) is 41.2 Å². The first kappa shape index (κ1) is 26.0. The molecule has 3 aromatic heterocycles. The van der Waals surface area contributed by atoms with E-state index in [4.69, 9.17) is 11.6 Å². The molecule has 2 aromatic carbocycles. The molecule has 1 unspecified atom stereocenters. The first-order valence-electron chi connectivity index (χ1n) is 13.4. The minimum Gasteiger partial charge on any atom is -0.383 e. The van der Waals surface area contributed by atoms with Crippen LogP contribution in [-0.4, -0.2) is 31.5 Å². The van der Waals surface area contributed by atoms with E-state index in [1.54, 1.807) is 12.4 Å². The van der Waals surface area contributed by atoms with Gasteiger partial charge in [0.15, 0.2) is 0 Å². The topological polar surface area (TPSA) is 104 Å². The van der Waals surface area contributed by atoms with Crippen LogP contribution in [0.1, 0.15) is 63.4 Å². The first-order chi connectivity index (χ1) is 19.1. The van der Waals surface area contributed by atoms with Crippen molar-refractivity contribution in [1.29, 1.82) is 5.26 Å². The average Bonchev–Trinajstić information content (AvgIpc) is 3.48. The third-order valence-corrected chi connectivity index (χ3v) is 7.76. The van der Waals surface area contributed by atoms with Gasteiger partial charge in [0.25, 0.3) is 0 Å². The SMILES string of the molecule is CC(C)(C)CNc1c(C#N)cnc2c(Cl)cc(NC(c3cn(C4(C)CC4)nn3)c3cccc4ncccc34)cc12. The molecule has 1 aliphatic carbocycles. The first-order valence-corrected chi connectivity index (χ1v) is 13.8. The molecule has 1 atom stereocenters. The Balaban J connectivity index is 1.48. The normalized spacial score (nSPS) is 15.1. The fourth-order valence-electron chi connectivity index (χ4n) is 4.91. The van der Waals surface area contributed by atoms with Gasteiger partial charge in [-0.1, -0.05) is 55.8 Å². The number of halogens is 1. The Labute approximate surface area is 238 Å². The maximum Gasteiger partial charge on any atom is 0.110 e. The molecule has 0 saturated heterocycles. The fraction of sp³-hybridized carbons (Fsp3) is 0.323. The lowest BCUT2D eigenvalue weighted by Crippen LogP contribution is -2.20. The molecule has 1 aliphatic rings. The van der Waals surface area contributed by atoms with Crippen molar-refractivity contribution in [2.24, 2.45) is 5.41 Å². The fourth-order valence-corrected chi connectivity index (χ4v) is 5.18. The molecular formula is C31H31ClN8. The minimum absolute atomic E-state index is 0.0134. The highest BCUT2D eigenvalue weighted by Crippen LogP contribution is 2.43. The summed E-state index contributed by atoms with van der Waals surface area (Å²) in [4.78, 5) is 9.08. The summed E-state index contributed by atoms with van der Waals surface area (Å²) in [6, 6.07) is 16.0. The molecule has 0 amide bonds. The molecule has 1 saturated carbocycles. The highest BCUT2D eigenvalue weighted by atomic mass is 35.5. The number of rotatable bonds is 7. The van der Waals surface area contributed by atoms with Gasteiger partial charge in [-0.05, 0) is 55.0 Å². The molecule has 0 aliphatic heterocycles. The number of hydrogen-bond acceptors (Lipinski definition) is 7. The van der Waals surface area contributed by atoms with Crippen molar-refractivity contribution >= 4 is 44.8 Å². The maximum absolute atomic E-state index is 9.86. The van der Waals surface area contributed by atoms with Crippen molar-refractivity contribution in [2.45, 2.75) is 52.1 Å². The van der Waals surface area contributed by atoms with Crippen molar-refractivity contribution in [3.8, 4) is 6.07 Å². The molecule has 9 heteroatoms. The Morgan fingerprint density at radius 1 is 1.12 bits per heavy atom. The van der Waals surface area contributed by atoms with Crippen molar-refractivity contribution < 1.29 is 0 Å². The number of pyridine rings is 2. The Morgan fingerprint density at radius 2 is 1.95 bits per heavy atom. The third kappa shape index (κ3) is 4.93. The summed E-state index contributed by atoms with van der Waals surface area (Å²) in [7, 11) is 0. The van der Waals surface area contributed by atoms with E-state index >= 15 is 0 Å². The van der Waals surface area contributed by atoms with E-state index in [9.17, 15) is 5.26 Å². The number of nitrogens with zero attached hydrogens (tertiary/aromatic N) is 6. The molecule has 3 heterocycles. The second-order valence-corrected chi connectivity index (χ2v) is 12.4. The van der Waals surface area contributed by atoms with Gasteiger partial charge in [0.2, 0.25) is 0 Å². The summed E-state index contributed by atoms with van der Waals surface area (Å²) in [6.07, 6.45) is 7.59. The zero-order valence-electron chi connectivity index (χ0n) is 23.0. The lowest BCUT2D eigenvalue weighted by Gasteiger charge is -2.23. The van der Waals surface area contributed by atoms with E-state index in [1.165, 1.54) is 0 Å². The highest BCUT2D eigenvalue weighted by molar-refractivity contribution is 6.35. The third-order valence-electron chi connectivity index (χ3n) is 7.48. The van der Waals surface area contributed by atoms with Gasteiger partial charge in [0, 0.05) is 35.4 Å². The van der Waals surface area contributed by atoms with Crippen molar-refractivity contribution in [2.75, 3.05) is 17.2 Å². The van der Waals surface area contributed by atoms with Crippen LogP contribution in [-0.2, 0) is 5.54 Å². The van der Waals surface area contributed by atoms with Gasteiger partial charge in [-0.15, -0.1) is 5.10 Å². The van der Waals surface area contributed by atoms with Gasteiger partial charge >= 0.3 is 0 Å². The smallest absolute Gasteiger partial charge is 0.110 e. The molecule has 2 N–H and O–H groups in total. The molecule has 40 heavy (non-hydrogen) atoms. The van der Waals surface area contributed by atoms with Gasteiger partial charge in [0.05, 0.1) is 45.1 Å². The molecular weight excluding hydrogens is 520 g/mol. The summed E-state index contributed by atoms with van der Waals surface area (Å²) in [5.74, 6) is 0. The molecule has 1 fully saturated rings. The van der Waals surface area contributed by atoms with Gasteiger partial charge in [-0.2, -0.15) is 5.26 Å². The van der Waals surface area contributed by atoms with Crippen LogP contribution in [0.4, 0.5) is 11.4 Å². The quantitative estimate of drug-likeness (QED) is 0.223. The summed E-state index contributed by atoms with van der Waals surface area (Å²) in [5, 5.41) is 28.5.